The Bertz CT molecular complexity index is 579. The fourth-order valence-electron chi connectivity index (χ4n) is 1.42. The molecule has 0 bridgehead atoms. The Labute approximate surface area is 98.4 Å². The molecule has 0 saturated carbocycles. The van der Waals surface area contributed by atoms with Crippen LogP contribution in [0.15, 0.2) is 15.8 Å². The minimum Gasteiger partial charge on any atom is -0.383 e. The molecular formula is C11H15N3O3. The van der Waals surface area contributed by atoms with Gasteiger partial charge in [-0.2, -0.15) is 0 Å². The van der Waals surface area contributed by atoms with Gasteiger partial charge in [0.2, 0.25) is 0 Å². The molecule has 0 aliphatic carbocycles. The van der Waals surface area contributed by atoms with Gasteiger partial charge < -0.3 is 4.90 Å². The maximum Gasteiger partial charge on any atom is 0.330 e. The predicted octanol–water partition coefficient (Wildman–Crippen LogP) is -0.571. The zero-order valence-corrected chi connectivity index (χ0v) is 10.3. The summed E-state index contributed by atoms with van der Waals surface area (Å²) in [6.45, 7) is 0. The maximum absolute atomic E-state index is 11.7. The van der Waals surface area contributed by atoms with Crippen LogP contribution < -0.4 is 11.2 Å². The number of hydrogen-bond acceptors (Lipinski definition) is 4. The lowest BCUT2D eigenvalue weighted by Crippen LogP contribution is -2.40. The van der Waals surface area contributed by atoms with Crippen molar-refractivity contribution >= 4 is 12.4 Å². The molecule has 1 rings (SSSR count). The summed E-state index contributed by atoms with van der Waals surface area (Å²) in [6, 6.07) is 0. The molecule has 0 aliphatic rings. The smallest absolute Gasteiger partial charge is 0.330 e. The van der Waals surface area contributed by atoms with Crippen LogP contribution in [0.2, 0.25) is 0 Å². The maximum atomic E-state index is 11.7. The summed E-state index contributed by atoms with van der Waals surface area (Å²) in [5.41, 5.74) is -0.755. The van der Waals surface area contributed by atoms with Gasteiger partial charge in [0.25, 0.3) is 5.56 Å². The van der Waals surface area contributed by atoms with Gasteiger partial charge in [0, 0.05) is 34.4 Å². The van der Waals surface area contributed by atoms with Crippen LogP contribution in [0.25, 0.3) is 6.08 Å². The average Bonchev–Trinajstić information content (AvgIpc) is 2.29. The Morgan fingerprint density at radius 1 is 1.12 bits per heavy atom. The highest BCUT2D eigenvalue weighted by Crippen LogP contribution is 2.01. The minimum atomic E-state index is -0.582. The van der Waals surface area contributed by atoms with Gasteiger partial charge in [-0.25, -0.2) is 4.79 Å². The third-order valence-electron chi connectivity index (χ3n) is 2.39. The van der Waals surface area contributed by atoms with E-state index in [2.05, 4.69) is 0 Å². The first-order valence-electron chi connectivity index (χ1n) is 5.00. The van der Waals surface area contributed by atoms with Gasteiger partial charge in [-0.3, -0.25) is 18.7 Å². The highest BCUT2D eigenvalue weighted by molar-refractivity contribution is 5.79. The number of rotatable bonds is 3. The van der Waals surface area contributed by atoms with Crippen LogP contribution in [-0.2, 0) is 14.1 Å². The fourth-order valence-corrected chi connectivity index (χ4v) is 1.42. The largest absolute Gasteiger partial charge is 0.383 e. The molecule has 0 fully saturated rings. The molecule has 0 unspecified atom stereocenters. The van der Waals surface area contributed by atoms with Crippen molar-refractivity contribution in [1.82, 2.24) is 14.0 Å². The summed E-state index contributed by atoms with van der Waals surface area (Å²) in [5, 5.41) is 0. The van der Waals surface area contributed by atoms with Crippen molar-refractivity contribution in [1.29, 1.82) is 0 Å². The first kappa shape index (κ1) is 13.0. The Morgan fingerprint density at radius 3 is 2.18 bits per heavy atom. The molecule has 1 aromatic rings. The van der Waals surface area contributed by atoms with Crippen LogP contribution in [0.1, 0.15) is 16.1 Å². The summed E-state index contributed by atoms with van der Waals surface area (Å²) >= 11 is 0. The molecule has 0 N–H and O–H groups in total. The van der Waals surface area contributed by atoms with E-state index in [1.807, 2.05) is 0 Å². The zero-order valence-electron chi connectivity index (χ0n) is 10.3. The molecule has 0 amide bonds. The molecule has 0 atom stereocenters. The molecule has 0 aromatic carbocycles. The number of carbonyl (C=O) groups is 1. The van der Waals surface area contributed by atoms with Gasteiger partial charge in [-0.1, -0.05) is 0 Å². The third kappa shape index (κ3) is 2.35. The second-order valence-corrected chi connectivity index (χ2v) is 3.90. The van der Waals surface area contributed by atoms with Crippen molar-refractivity contribution in [3.05, 3.63) is 38.3 Å². The quantitative estimate of drug-likeness (QED) is 0.660. The van der Waals surface area contributed by atoms with Crippen molar-refractivity contribution in [3.8, 4) is 0 Å². The summed E-state index contributed by atoms with van der Waals surface area (Å²) in [6.07, 6.45) is 3.70. The van der Waals surface area contributed by atoms with Gasteiger partial charge in [0.05, 0.1) is 5.69 Å². The van der Waals surface area contributed by atoms with Gasteiger partial charge in [-0.15, -0.1) is 0 Å². The predicted molar refractivity (Wildman–Crippen MR) is 65.0 cm³/mol. The van der Waals surface area contributed by atoms with E-state index in [-0.39, 0.29) is 5.56 Å². The van der Waals surface area contributed by atoms with E-state index in [1.54, 1.807) is 31.3 Å². The van der Waals surface area contributed by atoms with E-state index in [9.17, 15) is 14.4 Å². The Morgan fingerprint density at radius 2 is 1.71 bits per heavy atom. The van der Waals surface area contributed by atoms with Crippen LogP contribution in [0.4, 0.5) is 0 Å². The van der Waals surface area contributed by atoms with Crippen molar-refractivity contribution in [2.75, 3.05) is 14.1 Å². The van der Waals surface area contributed by atoms with Crippen molar-refractivity contribution in [3.63, 3.8) is 0 Å². The van der Waals surface area contributed by atoms with Gasteiger partial charge >= 0.3 is 5.69 Å². The number of aromatic nitrogens is 2. The molecular weight excluding hydrogens is 222 g/mol. The van der Waals surface area contributed by atoms with E-state index >= 15 is 0 Å². The lowest BCUT2D eigenvalue weighted by atomic mass is 10.2. The van der Waals surface area contributed by atoms with Crippen molar-refractivity contribution in [2.24, 2.45) is 14.1 Å². The van der Waals surface area contributed by atoms with Crippen LogP contribution in [-0.4, -0.2) is 34.4 Å². The van der Waals surface area contributed by atoms with E-state index in [4.69, 9.17) is 0 Å². The number of nitrogens with zero attached hydrogens (tertiary/aromatic N) is 3. The van der Waals surface area contributed by atoms with Gasteiger partial charge in [-0.05, 0) is 6.08 Å². The second-order valence-electron chi connectivity index (χ2n) is 3.90. The van der Waals surface area contributed by atoms with Crippen molar-refractivity contribution in [2.45, 2.75) is 0 Å². The van der Waals surface area contributed by atoms with E-state index in [0.29, 0.717) is 12.0 Å². The summed E-state index contributed by atoms with van der Waals surface area (Å²) in [5.74, 6) is 0. The standard InChI is InChI=1S/C11H15N3O3/c1-12(2)6-5-9-8(7-15)10(16)14(4)11(17)13(9)3/h5-7H,1-4H3/b6-5+. The molecule has 1 heterocycles. The van der Waals surface area contributed by atoms with Crippen LogP contribution >= 0.6 is 0 Å². The molecule has 1 aromatic heterocycles. The first-order chi connectivity index (χ1) is 7.90. The first-order valence-corrected chi connectivity index (χ1v) is 5.00. The Kier molecular flexibility index (Phi) is 3.67. The summed E-state index contributed by atoms with van der Waals surface area (Å²) in [4.78, 5) is 36.1. The minimum absolute atomic E-state index is 0.0206. The normalized spacial score (nSPS) is 10.8. The molecule has 92 valence electrons. The monoisotopic (exact) mass is 237 g/mol. The van der Waals surface area contributed by atoms with E-state index in [0.717, 1.165) is 4.57 Å². The average molecular weight is 237 g/mol. The second kappa shape index (κ2) is 4.82. The Hall–Kier alpha value is -2.11. The molecule has 0 saturated heterocycles. The molecule has 6 nitrogen and oxygen atoms in total. The number of carbonyl (C=O) groups excluding carboxylic acids is 1. The third-order valence-corrected chi connectivity index (χ3v) is 2.39. The lowest BCUT2D eigenvalue weighted by molar-refractivity contribution is 0.112. The SMILES string of the molecule is CN(C)/C=C/c1c(C=O)c(=O)n(C)c(=O)n1C. The van der Waals surface area contributed by atoms with Gasteiger partial charge in [0.1, 0.15) is 5.56 Å². The molecule has 0 aliphatic heterocycles. The fraction of sp³-hybridized carbons (Fsp3) is 0.364. The van der Waals surface area contributed by atoms with Crippen LogP contribution in [0.5, 0.6) is 0 Å². The molecule has 0 radical (unpaired) electrons. The lowest BCUT2D eigenvalue weighted by Gasteiger charge is -2.10. The van der Waals surface area contributed by atoms with Crippen LogP contribution in [0, 0.1) is 0 Å². The van der Waals surface area contributed by atoms with Crippen molar-refractivity contribution < 1.29 is 4.79 Å². The highest BCUT2D eigenvalue weighted by Gasteiger charge is 2.12. The van der Waals surface area contributed by atoms with Crippen LogP contribution in [0.3, 0.4) is 0 Å². The Balaban J connectivity index is 3.65. The molecule has 6 heteroatoms. The summed E-state index contributed by atoms with van der Waals surface area (Å²) < 4.78 is 2.18. The highest BCUT2D eigenvalue weighted by atomic mass is 16.2. The molecule has 0 spiro atoms. The zero-order chi connectivity index (χ0) is 13.2. The van der Waals surface area contributed by atoms with E-state index in [1.165, 1.54) is 18.7 Å². The van der Waals surface area contributed by atoms with E-state index < -0.39 is 11.2 Å². The van der Waals surface area contributed by atoms with Gasteiger partial charge in [0.15, 0.2) is 6.29 Å². The summed E-state index contributed by atoms with van der Waals surface area (Å²) in [7, 11) is 6.47. The molecule has 17 heavy (non-hydrogen) atoms. The number of hydrogen-bond donors (Lipinski definition) is 0. The number of aldehydes is 1. The topological polar surface area (TPSA) is 64.3 Å².